The molecule has 2 fully saturated rings. The molecule has 1 aromatic heterocycles. The predicted octanol–water partition coefficient (Wildman–Crippen LogP) is 4.26. The Labute approximate surface area is 138 Å². The maximum Gasteiger partial charge on any atom is 0.167 e. The molecular weight excluding hydrogens is 302 g/mol. The molecule has 0 spiro atoms. The molecule has 1 unspecified atom stereocenters. The summed E-state index contributed by atoms with van der Waals surface area (Å²) < 4.78 is 5.49. The van der Waals surface area contributed by atoms with Gasteiger partial charge in [-0.15, -0.1) is 0 Å². The number of hydrogen-bond acceptors (Lipinski definition) is 4. The lowest BCUT2D eigenvalue weighted by Crippen LogP contribution is -2.23. The number of fused-ring (bicyclic) bond motifs is 3. The van der Waals surface area contributed by atoms with Gasteiger partial charge in [0.25, 0.3) is 0 Å². The van der Waals surface area contributed by atoms with Gasteiger partial charge < -0.3 is 4.52 Å². The van der Waals surface area contributed by atoms with Crippen LogP contribution >= 0.6 is 0 Å². The van der Waals surface area contributed by atoms with Gasteiger partial charge in [0, 0.05) is 6.42 Å². The predicted molar refractivity (Wildman–Crippen MR) is 90.1 cm³/mol. The lowest BCUT2D eigenvalue weighted by atomic mass is 9.83. The van der Waals surface area contributed by atoms with E-state index in [4.69, 9.17) is 4.52 Å². The topological polar surface area (TPSA) is 60.2 Å². The third-order valence-electron chi connectivity index (χ3n) is 5.35. The Morgan fingerprint density at radius 1 is 1.04 bits per heavy atom. The Morgan fingerprint density at radius 3 is 2.71 bits per heavy atom. The maximum absolute atomic E-state index is 12.3. The van der Waals surface area contributed by atoms with E-state index >= 15 is 0 Å². The first kappa shape index (κ1) is 13.9. The minimum Gasteiger partial charge on any atom is -0.356 e. The van der Waals surface area contributed by atoms with Crippen LogP contribution in [-0.4, -0.2) is 16.7 Å². The van der Waals surface area contributed by atoms with E-state index in [1.165, 1.54) is 18.4 Å². The fourth-order valence-electron chi connectivity index (χ4n) is 3.88. The molecule has 3 aromatic rings. The van der Waals surface area contributed by atoms with Crippen LogP contribution in [-0.2, 0) is 9.59 Å². The Kier molecular flexibility index (Phi) is 2.90. The zero-order chi connectivity index (χ0) is 16.3. The summed E-state index contributed by atoms with van der Waals surface area (Å²) in [5.74, 6) is 0.381. The van der Waals surface area contributed by atoms with E-state index in [0.717, 1.165) is 16.2 Å². The van der Waals surface area contributed by atoms with Gasteiger partial charge in [-0.25, -0.2) is 0 Å². The molecule has 0 saturated heterocycles. The van der Waals surface area contributed by atoms with Crippen molar-refractivity contribution in [1.29, 1.82) is 0 Å². The molecule has 120 valence electrons. The highest BCUT2D eigenvalue weighted by Crippen LogP contribution is 2.42. The van der Waals surface area contributed by atoms with Crippen LogP contribution in [0.1, 0.15) is 55.2 Å². The van der Waals surface area contributed by atoms with Crippen molar-refractivity contribution in [3.05, 3.63) is 41.6 Å². The van der Waals surface area contributed by atoms with Crippen LogP contribution in [0.2, 0.25) is 0 Å². The first-order valence-corrected chi connectivity index (χ1v) is 8.57. The number of carbonyl (C=O) groups excluding carboxylic acids is 2. The van der Waals surface area contributed by atoms with E-state index in [0.29, 0.717) is 30.0 Å². The summed E-state index contributed by atoms with van der Waals surface area (Å²) >= 11 is 0. The number of hydrogen-bond donors (Lipinski definition) is 0. The third kappa shape index (κ3) is 2.09. The van der Waals surface area contributed by atoms with Gasteiger partial charge in [0.2, 0.25) is 0 Å². The summed E-state index contributed by atoms with van der Waals surface area (Å²) in [4.78, 5) is 23.8. The second-order valence-corrected chi connectivity index (χ2v) is 7.03. The van der Waals surface area contributed by atoms with Gasteiger partial charge in [0.05, 0.1) is 17.7 Å². The summed E-state index contributed by atoms with van der Waals surface area (Å²) in [6.07, 6.45) is 3.56. The van der Waals surface area contributed by atoms with Gasteiger partial charge in [-0.05, 0) is 47.6 Å². The molecule has 2 aliphatic carbocycles. The average molecular weight is 319 g/mol. The number of nitrogens with zero attached hydrogens (tertiary/aromatic N) is 1. The van der Waals surface area contributed by atoms with Gasteiger partial charge in [-0.2, -0.15) is 0 Å². The van der Waals surface area contributed by atoms with Crippen molar-refractivity contribution in [3.8, 4) is 0 Å². The highest BCUT2D eigenvalue weighted by molar-refractivity contribution is 6.11. The zero-order valence-corrected chi connectivity index (χ0v) is 13.2. The van der Waals surface area contributed by atoms with Crippen LogP contribution in [0.5, 0.6) is 0 Å². The van der Waals surface area contributed by atoms with Crippen molar-refractivity contribution in [2.45, 2.75) is 43.9 Å². The molecule has 0 amide bonds. The summed E-state index contributed by atoms with van der Waals surface area (Å²) in [6, 6.07) is 10.6. The number of aromatic nitrogens is 1. The normalized spacial score (nSPS) is 21.8. The van der Waals surface area contributed by atoms with Gasteiger partial charge in [-0.1, -0.05) is 29.4 Å². The summed E-state index contributed by atoms with van der Waals surface area (Å²) in [5.41, 5.74) is 2.80. The van der Waals surface area contributed by atoms with Crippen LogP contribution in [0.15, 0.2) is 34.9 Å². The maximum atomic E-state index is 12.3. The molecule has 0 aliphatic heterocycles. The number of Topliss-reactive ketones (excluding diaryl/α,β-unsaturated/α-hetero) is 2. The lowest BCUT2D eigenvalue weighted by molar-refractivity contribution is -0.130. The Bertz CT molecular complexity index is 997. The van der Waals surface area contributed by atoms with Gasteiger partial charge in [0.1, 0.15) is 17.3 Å². The molecular formula is C20H17NO3. The Hall–Kier alpha value is -2.49. The van der Waals surface area contributed by atoms with Crippen LogP contribution < -0.4 is 0 Å². The standard InChI is InChI=1S/C20H17NO3/c22-14-5-7-16(17(23)10-14)20-19-15-6-3-12(11-1-2-11)9-13(15)4-8-18(19)24-21-20/h3-4,6,8-9,11,16H,1-2,5,7,10H2. The lowest BCUT2D eigenvalue weighted by Gasteiger charge is -2.18. The zero-order valence-electron chi connectivity index (χ0n) is 13.2. The summed E-state index contributed by atoms with van der Waals surface area (Å²) in [7, 11) is 0. The van der Waals surface area contributed by atoms with Crippen molar-refractivity contribution >= 4 is 33.3 Å². The molecule has 2 saturated carbocycles. The molecule has 2 aromatic carbocycles. The third-order valence-corrected chi connectivity index (χ3v) is 5.35. The quantitative estimate of drug-likeness (QED) is 0.662. The fourth-order valence-corrected chi connectivity index (χ4v) is 3.88. The van der Waals surface area contributed by atoms with Crippen molar-refractivity contribution in [1.82, 2.24) is 5.16 Å². The Balaban J connectivity index is 1.69. The van der Waals surface area contributed by atoms with Crippen LogP contribution in [0, 0.1) is 0 Å². The number of ketones is 2. The average Bonchev–Trinajstić information content (AvgIpc) is 3.34. The van der Waals surface area contributed by atoms with Crippen molar-refractivity contribution in [3.63, 3.8) is 0 Å². The van der Waals surface area contributed by atoms with Crippen LogP contribution in [0.4, 0.5) is 0 Å². The van der Waals surface area contributed by atoms with Crippen molar-refractivity contribution in [2.24, 2.45) is 0 Å². The second kappa shape index (κ2) is 5.00. The molecule has 2 aliphatic rings. The SMILES string of the molecule is O=C1CCC(c2noc3ccc4cc(C5CC5)ccc4c23)C(=O)C1. The highest BCUT2D eigenvalue weighted by atomic mass is 16.5. The van der Waals surface area contributed by atoms with Gasteiger partial charge >= 0.3 is 0 Å². The molecule has 1 atom stereocenters. The number of carbonyl (C=O) groups is 2. The van der Waals surface area contributed by atoms with E-state index in [1.54, 1.807) is 0 Å². The fraction of sp³-hybridized carbons (Fsp3) is 0.350. The molecule has 0 radical (unpaired) electrons. The van der Waals surface area contributed by atoms with Crippen LogP contribution in [0.25, 0.3) is 21.7 Å². The molecule has 0 N–H and O–H groups in total. The van der Waals surface area contributed by atoms with E-state index in [9.17, 15) is 9.59 Å². The second-order valence-electron chi connectivity index (χ2n) is 7.03. The van der Waals surface area contributed by atoms with E-state index in [2.05, 4.69) is 29.4 Å². The molecule has 0 bridgehead atoms. The minimum absolute atomic E-state index is 0.0234. The summed E-state index contributed by atoms with van der Waals surface area (Å²) in [5, 5.41) is 7.38. The first-order chi connectivity index (χ1) is 11.7. The van der Waals surface area contributed by atoms with E-state index < -0.39 is 0 Å². The Morgan fingerprint density at radius 2 is 1.92 bits per heavy atom. The molecule has 4 heteroatoms. The first-order valence-electron chi connectivity index (χ1n) is 8.57. The van der Waals surface area contributed by atoms with Crippen molar-refractivity contribution in [2.75, 3.05) is 0 Å². The minimum atomic E-state index is -0.322. The largest absolute Gasteiger partial charge is 0.356 e. The van der Waals surface area contributed by atoms with Gasteiger partial charge in [0.15, 0.2) is 5.58 Å². The van der Waals surface area contributed by atoms with E-state index in [1.807, 2.05) is 6.07 Å². The number of rotatable bonds is 2. The van der Waals surface area contributed by atoms with E-state index in [-0.39, 0.29) is 23.9 Å². The molecule has 4 nitrogen and oxygen atoms in total. The molecule has 1 heterocycles. The smallest absolute Gasteiger partial charge is 0.167 e. The van der Waals surface area contributed by atoms with Crippen molar-refractivity contribution < 1.29 is 14.1 Å². The molecule has 5 rings (SSSR count). The summed E-state index contributed by atoms with van der Waals surface area (Å²) in [6.45, 7) is 0. The van der Waals surface area contributed by atoms with Gasteiger partial charge in [-0.3, -0.25) is 9.59 Å². The van der Waals surface area contributed by atoms with Crippen LogP contribution in [0.3, 0.4) is 0 Å². The monoisotopic (exact) mass is 319 g/mol. The molecule has 24 heavy (non-hydrogen) atoms. The highest BCUT2D eigenvalue weighted by Gasteiger charge is 2.32. The number of benzene rings is 2.